The maximum Gasteiger partial charge on any atom is 0.418 e. The first kappa shape index (κ1) is 13.7. The molecule has 19 heavy (non-hydrogen) atoms. The lowest BCUT2D eigenvalue weighted by atomic mass is 10.1. The van der Waals surface area contributed by atoms with Crippen molar-refractivity contribution < 1.29 is 18.0 Å². The SMILES string of the molecule is CC1CC1NC(=O)c1ccc(NN)c(C(F)(F)F)c1. The zero-order valence-electron chi connectivity index (χ0n) is 10.2. The first-order chi connectivity index (χ1) is 8.82. The van der Waals surface area contributed by atoms with Gasteiger partial charge < -0.3 is 10.7 Å². The Hall–Kier alpha value is -1.76. The van der Waals surface area contributed by atoms with E-state index in [0.717, 1.165) is 18.6 Å². The molecule has 1 aromatic rings. The smallest absolute Gasteiger partial charge is 0.349 e. The van der Waals surface area contributed by atoms with Crippen LogP contribution in [0.2, 0.25) is 0 Å². The van der Waals surface area contributed by atoms with E-state index in [1.807, 2.05) is 12.3 Å². The summed E-state index contributed by atoms with van der Waals surface area (Å²) in [6.45, 7) is 1.97. The van der Waals surface area contributed by atoms with Gasteiger partial charge in [0.05, 0.1) is 11.3 Å². The molecule has 0 aliphatic heterocycles. The third-order valence-corrected chi connectivity index (χ3v) is 3.17. The maximum atomic E-state index is 12.8. The van der Waals surface area contributed by atoms with Gasteiger partial charge in [0.15, 0.2) is 0 Å². The Balaban J connectivity index is 2.24. The van der Waals surface area contributed by atoms with E-state index >= 15 is 0 Å². The highest BCUT2D eigenvalue weighted by Gasteiger charge is 2.36. The highest BCUT2D eigenvalue weighted by Crippen LogP contribution is 2.35. The number of amides is 1. The summed E-state index contributed by atoms with van der Waals surface area (Å²) in [5.74, 6) is 4.92. The van der Waals surface area contributed by atoms with Crippen molar-refractivity contribution in [3.63, 3.8) is 0 Å². The molecule has 1 aliphatic rings. The summed E-state index contributed by atoms with van der Waals surface area (Å²) in [7, 11) is 0. The summed E-state index contributed by atoms with van der Waals surface area (Å²) in [5, 5.41) is 2.68. The number of rotatable bonds is 3. The van der Waals surface area contributed by atoms with Gasteiger partial charge in [-0.25, -0.2) is 0 Å². The van der Waals surface area contributed by atoms with Crippen LogP contribution in [0.15, 0.2) is 18.2 Å². The molecule has 1 aliphatic carbocycles. The van der Waals surface area contributed by atoms with Crippen LogP contribution in [0, 0.1) is 5.92 Å². The quantitative estimate of drug-likeness (QED) is 0.584. The van der Waals surface area contributed by atoms with Gasteiger partial charge in [-0.05, 0) is 30.5 Å². The minimum Gasteiger partial charge on any atom is -0.349 e. The van der Waals surface area contributed by atoms with Crippen LogP contribution in [0.5, 0.6) is 0 Å². The van der Waals surface area contributed by atoms with E-state index in [9.17, 15) is 18.0 Å². The maximum absolute atomic E-state index is 12.8. The van der Waals surface area contributed by atoms with Crippen molar-refractivity contribution in [2.75, 3.05) is 5.43 Å². The molecule has 4 N–H and O–H groups in total. The number of halogens is 3. The summed E-state index contributed by atoms with van der Waals surface area (Å²) in [6, 6.07) is 3.33. The van der Waals surface area contributed by atoms with Crippen LogP contribution in [0.1, 0.15) is 29.3 Å². The van der Waals surface area contributed by atoms with Crippen LogP contribution in [0.3, 0.4) is 0 Å². The predicted molar refractivity (Wildman–Crippen MR) is 64.3 cm³/mol. The van der Waals surface area contributed by atoms with Crippen molar-refractivity contribution in [1.29, 1.82) is 0 Å². The van der Waals surface area contributed by atoms with Gasteiger partial charge >= 0.3 is 6.18 Å². The zero-order chi connectivity index (χ0) is 14.2. The van der Waals surface area contributed by atoms with Crippen molar-refractivity contribution in [2.24, 2.45) is 11.8 Å². The van der Waals surface area contributed by atoms with Crippen LogP contribution < -0.4 is 16.6 Å². The summed E-state index contributed by atoms with van der Waals surface area (Å²) in [4.78, 5) is 11.8. The van der Waals surface area contributed by atoms with Crippen molar-refractivity contribution in [3.8, 4) is 0 Å². The molecule has 0 aromatic heterocycles. The summed E-state index contributed by atoms with van der Waals surface area (Å²) >= 11 is 0. The normalized spacial score (nSPS) is 21.9. The number of hydrogen-bond donors (Lipinski definition) is 3. The van der Waals surface area contributed by atoms with E-state index in [2.05, 4.69) is 5.32 Å². The number of carbonyl (C=O) groups is 1. The lowest BCUT2D eigenvalue weighted by Gasteiger charge is -2.14. The molecule has 2 unspecified atom stereocenters. The lowest BCUT2D eigenvalue weighted by Crippen LogP contribution is -2.27. The van der Waals surface area contributed by atoms with Gasteiger partial charge in [0, 0.05) is 11.6 Å². The molecule has 0 heterocycles. The number of nitrogens with two attached hydrogens (primary N) is 1. The fourth-order valence-electron chi connectivity index (χ4n) is 1.82. The second-order valence-corrected chi connectivity index (χ2v) is 4.70. The lowest BCUT2D eigenvalue weighted by molar-refractivity contribution is -0.137. The van der Waals surface area contributed by atoms with Gasteiger partial charge in [-0.3, -0.25) is 10.6 Å². The number of alkyl halides is 3. The number of benzene rings is 1. The summed E-state index contributed by atoms with van der Waals surface area (Å²) in [6.07, 6.45) is -3.70. The Morgan fingerprint density at radius 3 is 2.53 bits per heavy atom. The largest absolute Gasteiger partial charge is 0.418 e. The van der Waals surface area contributed by atoms with Crippen molar-refractivity contribution in [2.45, 2.75) is 25.6 Å². The highest BCUT2D eigenvalue weighted by atomic mass is 19.4. The number of nitrogens with one attached hydrogen (secondary N) is 2. The van der Waals surface area contributed by atoms with Crippen LogP contribution in [0.4, 0.5) is 18.9 Å². The number of hydrogen-bond acceptors (Lipinski definition) is 3. The van der Waals surface area contributed by atoms with Crippen LogP contribution in [-0.2, 0) is 6.18 Å². The molecular formula is C12H14F3N3O. The molecule has 0 bridgehead atoms. The van der Waals surface area contributed by atoms with E-state index in [1.165, 1.54) is 6.07 Å². The van der Waals surface area contributed by atoms with E-state index in [0.29, 0.717) is 5.92 Å². The molecule has 1 fully saturated rings. The Morgan fingerprint density at radius 1 is 1.42 bits per heavy atom. The molecule has 0 spiro atoms. The van der Waals surface area contributed by atoms with Gasteiger partial charge in [-0.2, -0.15) is 13.2 Å². The minimum absolute atomic E-state index is 0.0228. The van der Waals surface area contributed by atoms with Crippen molar-refractivity contribution >= 4 is 11.6 Å². The molecule has 0 saturated heterocycles. The average molecular weight is 273 g/mol. The fourth-order valence-corrected chi connectivity index (χ4v) is 1.82. The molecule has 4 nitrogen and oxygen atoms in total. The Kier molecular flexibility index (Phi) is 3.40. The first-order valence-corrected chi connectivity index (χ1v) is 5.81. The Labute approximate surface area is 108 Å². The zero-order valence-corrected chi connectivity index (χ0v) is 10.2. The summed E-state index contributed by atoms with van der Waals surface area (Å²) in [5.41, 5.74) is 0.741. The van der Waals surface area contributed by atoms with Crippen LogP contribution in [0.25, 0.3) is 0 Å². The van der Waals surface area contributed by atoms with Crippen LogP contribution >= 0.6 is 0 Å². The molecule has 1 amide bonds. The second kappa shape index (κ2) is 4.73. The monoisotopic (exact) mass is 273 g/mol. The van der Waals surface area contributed by atoms with Crippen molar-refractivity contribution in [3.05, 3.63) is 29.3 Å². The summed E-state index contributed by atoms with van der Waals surface area (Å²) < 4.78 is 38.4. The topological polar surface area (TPSA) is 67.2 Å². The number of hydrazine groups is 1. The van der Waals surface area contributed by atoms with Crippen molar-refractivity contribution in [1.82, 2.24) is 5.32 Å². The second-order valence-electron chi connectivity index (χ2n) is 4.70. The minimum atomic E-state index is -4.56. The van der Waals surface area contributed by atoms with Gasteiger partial charge in [0.2, 0.25) is 0 Å². The van der Waals surface area contributed by atoms with Gasteiger partial charge in [0.25, 0.3) is 5.91 Å². The van der Waals surface area contributed by atoms with Gasteiger partial charge in [-0.15, -0.1) is 0 Å². The van der Waals surface area contributed by atoms with Gasteiger partial charge in [0.1, 0.15) is 0 Å². The van der Waals surface area contributed by atoms with E-state index < -0.39 is 17.6 Å². The number of carbonyl (C=O) groups excluding carboxylic acids is 1. The van der Waals surface area contributed by atoms with E-state index in [1.54, 1.807) is 0 Å². The third-order valence-electron chi connectivity index (χ3n) is 3.17. The highest BCUT2D eigenvalue weighted by molar-refractivity contribution is 5.95. The third kappa shape index (κ3) is 2.98. The molecule has 2 atom stereocenters. The number of nitrogen functional groups attached to an aromatic ring is 1. The molecule has 104 valence electrons. The molecule has 2 rings (SSSR count). The molecule has 7 heteroatoms. The molecule has 1 saturated carbocycles. The standard InChI is InChI=1S/C12H14F3N3O/c1-6-4-10(6)17-11(19)7-2-3-9(18-16)8(5-7)12(13,14)15/h2-3,5-6,10,18H,4,16H2,1H3,(H,17,19). The van der Waals surface area contributed by atoms with E-state index in [-0.39, 0.29) is 17.3 Å². The van der Waals surface area contributed by atoms with Gasteiger partial charge in [-0.1, -0.05) is 6.92 Å². The molecule has 0 radical (unpaired) electrons. The van der Waals surface area contributed by atoms with Crippen LogP contribution in [-0.4, -0.2) is 11.9 Å². The Bertz CT molecular complexity index is 501. The average Bonchev–Trinajstić information content (AvgIpc) is 3.02. The molecular weight excluding hydrogens is 259 g/mol. The van der Waals surface area contributed by atoms with E-state index in [4.69, 9.17) is 5.84 Å². The Morgan fingerprint density at radius 2 is 2.05 bits per heavy atom. The number of anilines is 1. The molecule has 1 aromatic carbocycles. The predicted octanol–water partition coefficient (Wildman–Crippen LogP) is 2.13. The first-order valence-electron chi connectivity index (χ1n) is 5.81. The fraction of sp³-hybridized carbons (Fsp3) is 0.417.